The van der Waals surface area contributed by atoms with Crippen molar-refractivity contribution in [3.8, 4) is 0 Å². The molecule has 10 heteroatoms. The van der Waals surface area contributed by atoms with Gasteiger partial charge in [-0.25, -0.2) is 4.68 Å². The van der Waals surface area contributed by atoms with Crippen LogP contribution >= 0.6 is 11.6 Å². The first-order chi connectivity index (χ1) is 8.58. The summed E-state index contributed by atoms with van der Waals surface area (Å²) in [5.74, 6) is 0. The fraction of sp³-hybridized carbons (Fsp3) is 0.333. The molecule has 0 bridgehead atoms. The van der Waals surface area contributed by atoms with Crippen LogP contribution in [-0.2, 0) is 12.7 Å². The van der Waals surface area contributed by atoms with Crippen LogP contribution in [0, 0.1) is 0 Å². The van der Waals surface area contributed by atoms with Crippen LogP contribution in [0.2, 0.25) is 5.02 Å². The van der Waals surface area contributed by atoms with Crippen molar-refractivity contribution in [3.63, 3.8) is 0 Å². The molecule has 3 nitrogen and oxygen atoms in total. The molecule has 1 aromatic carbocycles. The van der Waals surface area contributed by atoms with E-state index in [0.29, 0.717) is 10.7 Å². The molecule has 0 aliphatic rings. The van der Waals surface area contributed by atoms with Gasteiger partial charge in [-0.05, 0) is 12.1 Å². The summed E-state index contributed by atoms with van der Waals surface area (Å²) in [5.41, 5.74) is -1.68. The number of rotatable bonds is 1. The Hall–Kier alpha value is -1.51. The maximum absolute atomic E-state index is 12.5. The predicted molar refractivity (Wildman–Crippen MR) is 53.6 cm³/mol. The van der Waals surface area contributed by atoms with Gasteiger partial charge in [-0.2, -0.15) is 26.3 Å². The number of nitrogens with zero attached hydrogens (tertiary/aromatic N) is 3. The zero-order chi connectivity index (χ0) is 14.4. The number of halogens is 7. The lowest BCUT2D eigenvalue weighted by atomic mass is 10.2. The average Bonchev–Trinajstić information content (AvgIpc) is 2.56. The predicted octanol–water partition coefficient (Wildman–Crippen LogP) is 3.67. The van der Waals surface area contributed by atoms with Crippen LogP contribution in [0.3, 0.4) is 0 Å². The quantitative estimate of drug-likeness (QED) is 0.753. The standard InChI is InChI=1S/C9H4ClF6N3/c10-5-2-7-6(1-4(5)9(14,15)16)17-18-19(7)3-8(11,12)13/h1-2H,3H2. The Morgan fingerprint density at radius 3 is 2.26 bits per heavy atom. The smallest absolute Gasteiger partial charge is 0.235 e. The first-order valence-corrected chi connectivity index (χ1v) is 5.12. The Morgan fingerprint density at radius 1 is 1.11 bits per heavy atom. The molecule has 104 valence electrons. The monoisotopic (exact) mass is 303 g/mol. The number of aromatic nitrogens is 3. The van der Waals surface area contributed by atoms with Crippen LogP contribution in [0.15, 0.2) is 12.1 Å². The average molecular weight is 304 g/mol. The number of alkyl halides is 6. The number of fused-ring (bicyclic) bond motifs is 1. The zero-order valence-electron chi connectivity index (χ0n) is 8.85. The van der Waals surface area contributed by atoms with Crippen LogP contribution in [0.5, 0.6) is 0 Å². The Kier molecular flexibility index (Phi) is 3.12. The second-order valence-corrected chi connectivity index (χ2v) is 4.09. The maximum Gasteiger partial charge on any atom is 0.417 e. The fourth-order valence-corrected chi connectivity index (χ4v) is 1.76. The largest absolute Gasteiger partial charge is 0.417 e. The van der Waals surface area contributed by atoms with Crippen LogP contribution in [0.4, 0.5) is 26.3 Å². The Balaban J connectivity index is 2.55. The van der Waals surface area contributed by atoms with Gasteiger partial charge in [0, 0.05) is 0 Å². The van der Waals surface area contributed by atoms with Crippen molar-refractivity contribution < 1.29 is 26.3 Å². The molecule has 0 fully saturated rings. The molecule has 19 heavy (non-hydrogen) atoms. The van der Waals surface area contributed by atoms with Crippen molar-refractivity contribution >= 4 is 22.6 Å². The third-order valence-corrected chi connectivity index (χ3v) is 2.55. The summed E-state index contributed by atoms with van der Waals surface area (Å²) in [6, 6.07) is 1.34. The number of hydrogen-bond acceptors (Lipinski definition) is 2. The fourth-order valence-electron chi connectivity index (χ4n) is 1.49. The van der Waals surface area contributed by atoms with Crippen molar-refractivity contribution in [1.29, 1.82) is 0 Å². The van der Waals surface area contributed by atoms with Crippen molar-refractivity contribution in [1.82, 2.24) is 15.0 Å². The molecule has 0 aliphatic heterocycles. The molecule has 1 aromatic heterocycles. The Bertz CT molecular complexity index is 615. The second-order valence-electron chi connectivity index (χ2n) is 3.68. The third-order valence-electron chi connectivity index (χ3n) is 2.24. The maximum atomic E-state index is 12.5. The van der Waals surface area contributed by atoms with Crippen LogP contribution < -0.4 is 0 Å². The highest BCUT2D eigenvalue weighted by atomic mass is 35.5. The first kappa shape index (κ1) is 13.9. The van der Waals surface area contributed by atoms with Gasteiger partial charge in [-0.1, -0.05) is 16.8 Å². The first-order valence-electron chi connectivity index (χ1n) is 4.74. The molecule has 1 heterocycles. The van der Waals surface area contributed by atoms with E-state index in [1.54, 1.807) is 0 Å². The molecule has 2 aromatic rings. The van der Waals surface area contributed by atoms with E-state index in [0.717, 1.165) is 6.07 Å². The van der Waals surface area contributed by atoms with E-state index in [1.165, 1.54) is 0 Å². The van der Waals surface area contributed by atoms with E-state index in [1.807, 2.05) is 0 Å². The molecule has 0 saturated heterocycles. The molecular formula is C9H4ClF6N3. The minimum atomic E-state index is -4.71. The lowest BCUT2D eigenvalue weighted by molar-refractivity contribution is -0.142. The van der Waals surface area contributed by atoms with Gasteiger partial charge < -0.3 is 0 Å². The molecular weight excluding hydrogens is 300 g/mol. The lowest BCUT2D eigenvalue weighted by Crippen LogP contribution is -2.18. The van der Waals surface area contributed by atoms with Gasteiger partial charge in [0.05, 0.1) is 16.1 Å². The molecule has 0 saturated carbocycles. The summed E-state index contributed by atoms with van der Waals surface area (Å²) in [5, 5.41) is 5.74. The van der Waals surface area contributed by atoms with E-state index in [4.69, 9.17) is 11.6 Å². The summed E-state index contributed by atoms with van der Waals surface area (Å²) < 4.78 is 74.7. The molecule has 0 aliphatic carbocycles. The molecule has 0 radical (unpaired) electrons. The minimum absolute atomic E-state index is 0.213. The van der Waals surface area contributed by atoms with Gasteiger partial charge in [-0.3, -0.25) is 0 Å². The summed E-state index contributed by atoms with van der Waals surface area (Å²) in [6.07, 6.45) is -9.27. The van der Waals surface area contributed by atoms with Crippen LogP contribution in [0.25, 0.3) is 11.0 Å². The number of hydrogen-bond donors (Lipinski definition) is 0. The summed E-state index contributed by atoms with van der Waals surface area (Å²) >= 11 is 5.42. The lowest BCUT2D eigenvalue weighted by Gasteiger charge is -2.09. The van der Waals surface area contributed by atoms with Gasteiger partial charge in [0.15, 0.2) is 0 Å². The van der Waals surface area contributed by atoms with E-state index in [9.17, 15) is 26.3 Å². The van der Waals surface area contributed by atoms with Crippen molar-refractivity contribution in [3.05, 3.63) is 22.7 Å². The van der Waals surface area contributed by atoms with E-state index < -0.39 is 29.5 Å². The summed E-state index contributed by atoms with van der Waals surface area (Å²) in [6.45, 7) is -1.45. The summed E-state index contributed by atoms with van der Waals surface area (Å²) in [7, 11) is 0. The van der Waals surface area contributed by atoms with Gasteiger partial charge >= 0.3 is 12.4 Å². The van der Waals surface area contributed by atoms with Gasteiger partial charge in [-0.15, -0.1) is 5.10 Å². The summed E-state index contributed by atoms with van der Waals surface area (Å²) in [4.78, 5) is 0. The molecule has 0 amide bonds. The van der Waals surface area contributed by atoms with Crippen molar-refractivity contribution in [2.45, 2.75) is 18.9 Å². The van der Waals surface area contributed by atoms with Crippen molar-refractivity contribution in [2.75, 3.05) is 0 Å². The highest BCUT2D eigenvalue weighted by Gasteiger charge is 2.35. The molecule has 0 N–H and O–H groups in total. The Morgan fingerprint density at radius 2 is 1.74 bits per heavy atom. The minimum Gasteiger partial charge on any atom is -0.235 e. The third kappa shape index (κ3) is 2.91. The number of benzene rings is 1. The van der Waals surface area contributed by atoms with Crippen LogP contribution in [-0.4, -0.2) is 21.2 Å². The SMILES string of the molecule is FC(F)(F)Cn1nnc2cc(C(F)(F)F)c(Cl)cc21. The highest BCUT2D eigenvalue weighted by Crippen LogP contribution is 2.36. The van der Waals surface area contributed by atoms with Crippen LogP contribution in [0.1, 0.15) is 5.56 Å². The highest BCUT2D eigenvalue weighted by molar-refractivity contribution is 6.32. The van der Waals surface area contributed by atoms with Gasteiger partial charge in [0.1, 0.15) is 12.1 Å². The molecule has 0 atom stereocenters. The zero-order valence-corrected chi connectivity index (χ0v) is 9.61. The van der Waals surface area contributed by atoms with Crippen molar-refractivity contribution in [2.24, 2.45) is 0 Å². The van der Waals surface area contributed by atoms with E-state index in [-0.39, 0.29) is 11.0 Å². The molecule has 2 rings (SSSR count). The normalized spacial score (nSPS) is 13.2. The Labute approximate surface area is 106 Å². The van der Waals surface area contributed by atoms with E-state index in [2.05, 4.69) is 10.3 Å². The van der Waals surface area contributed by atoms with Gasteiger partial charge in [0.25, 0.3) is 0 Å². The second kappa shape index (κ2) is 4.26. The van der Waals surface area contributed by atoms with Gasteiger partial charge in [0.2, 0.25) is 0 Å². The van der Waals surface area contributed by atoms with E-state index >= 15 is 0 Å². The topological polar surface area (TPSA) is 30.7 Å². The molecule has 0 unspecified atom stereocenters. The molecule has 0 spiro atoms.